The zero-order chi connectivity index (χ0) is 18.8. The van der Waals surface area contributed by atoms with Crippen LogP contribution in [0.1, 0.15) is 26.7 Å². The van der Waals surface area contributed by atoms with Gasteiger partial charge in [-0.3, -0.25) is 0 Å². The predicted molar refractivity (Wildman–Crippen MR) is 106 cm³/mol. The number of aromatic nitrogens is 2. The Morgan fingerprint density at radius 1 is 1.22 bits per heavy atom. The molecule has 4 rings (SSSR count). The SMILES string of the molecule is CCN(CC)c1ccc2cc3c(NCC4CCCO4)nc(=O)nc-3oc2c1. The third-order valence-corrected chi connectivity index (χ3v) is 5.04. The molecule has 3 aliphatic rings. The van der Waals surface area contributed by atoms with E-state index in [0.717, 1.165) is 43.6 Å². The number of anilines is 2. The Hall–Kier alpha value is -2.67. The molecule has 1 atom stereocenters. The fourth-order valence-electron chi connectivity index (χ4n) is 3.56. The van der Waals surface area contributed by atoms with Crippen LogP contribution in [0, 0.1) is 0 Å². The van der Waals surface area contributed by atoms with Gasteiger partial charge in [0.25, 0.3) is 0 Å². The van der Waals surface area contributed by atoms with Crippen molar-refractivity contribution in [1.82, 2.24) is 9.97 Å². The standard InChI is InChI=1S/C20H24N4O3/c1-3-24(4-2)14-8-7-13-10-16-18(21-12-15-6-5-9-26-15)22-20(25)23-19(16)27-17(13)11-14/h7-8,10-11,15H,3-6,9,12H2,1-2H3,(H,21,22,25). The first-order valence-corrected chi connectivity index (χ1v) is 9.54. The molecule has 0 radical (unpaired) electrons. The fourth-order valence-corrected chi connectivity index (χ4v) is 3.56. The Bertz CT molecular complexity index is 961. The molecule has 27 heavy (non-hydrogen) atoms. The van der Waals surface area contributed by atoms with Crippen LogP contribution in [0.2, 0.25) is 0 Å². The minimum absolute atomic E-state index is 0.152. The molecule has 0 spiro atoms. The van der Waals surface area contributed by atoms with Crippen LogP contribution in [-0.2, 0) is 4.74 Å². The Morgan fingerprint density at radius 3 is 2.81 bits per heavy atom. The molecule has 0 amide bonds. The summed E-state index contributed by atoms with van der Waals surface area (Å²) >= 11 is 0. The number of rotatable bonds is 6. The van der Waals surface area contributed by atoms with Crippen LogP contribution in [-0.4, -0.2) is 42.3 Å². The maximum Gasteiger partial charge on any atom is 0.372 e. The quantitative estimate of drug-likeness (QED) is 0.670. The van der Waals surface area contributed by atoms with E-state index < -0.39 is 5.69 Å². The highest BCUT2D eigenvalue weighted by Gasteiger charge is 2.20. The highest BCUT2D eigenvalue weighted by Crippen LogP contribution is 2.32. The lowest BCUT2D eigenvalue weighted by atomic mass is 10.1. The van der Waals surface area contributed by atoms with Gasteiger partial charge in [0, 0.05) is 43.4 Å². The molecule has 1 aromatic rings. The van der Waals surface area contributed by atoms with Crippen molar-refractivity contribution in [2.45, 2.75) is 32.8 Å². The lowest BCUT2D eigenvalue weighted by Crippen LogP contribution is -2.23. The van der Waals surface area contributed by atoms with Gasteiger partial charge in [-0.15, -0.1) is 0 Å². The van der Waals surface area contributed by atoms with Crippen LogP contribution in [0.3, 0.4) is 0 Å². The van der Waals surface area contributed by atoms with Gasteiger partial charge in [0.05, 0.1) is 11.7 Å². The number of hydrogen-bond acceptors (Lipinski definition) is 7. The normalized spacial score (nSPS) is 16.9. The maximum atomic E-state index is 11.9. The molecule has 7 nitrogen and oxygen atoms in total. The lowest BCUT2D eigenvalue weighted by Gasteiger charge is -2.21. The Labute approximate surface area is 157 Å². The molecule has 0 aliphatic carbocycles. The highest BCUT2D eigenvalue weighted by atomic mass is 16.5. The summed E-state index contributed by atoms with van der Waals surface area (Å²) in [5.41, 5.74) is 1.94. The van der Waals surface area contributed by atoms with Crippen molar-refractivity contribution in [2.75, 3.05) is 36.5 Å². The smallest absolute Gasteiger partial charge is 0.372 e. The van der Waals surface area contributed by atoms with E-state index in [1.807, 2.05) is 18.2 Å². The van der Waals surface area contributed by atoms with Crippen molar-refractivity contribution < 1.29 is 9.15 Å². The Kier molecular flexibility index (Phi) is 4.94. The van der Waals surface area contributed by atoms with E-state index in [-0.39, 0.29) is 6.10 Å². The zero-order valence-electron chi connectivity index (χ0n) is 15.7. The molecule has 1 fully saturated rings. The van der Waals surface area contributed by atoms with Gasteiger partial charge in [0.15, 0.2) is 0 Å². The second-order valence-corrected chi connectivity index (χ2v) is 6.73. The number of nitrogens with zero attached hydrogens (tertiary/aromatic N) is 3. The average Bonchev–Trinajstić information content (AvgIpc) is 3.19. The van der Waals surface area contributed by atoms with Crippen molar-refractivity contribution >= 4 is 22.5 Å². The summed E-state index contributed by atoms with van der Waals surface area (Å²) < 4.78 is 11.6. The molecule has 0 aromatic heterocycles. The highest BCUT2D eigenvalue weighted by molar-refractivity contribution is 5.87. The van der Waals surface area contributed by atoms with Crippen LogP contribution in [0.5, 0.6) is 0 Å². The van der Waals surface area contributed by atoms with Crippen LogP contribution in [0.25, 0.3) is 22.4 Å². The summed E-state index contributed by atoms with van der Waals surface area (Å²) in [7, 11) is 0. The zero-order valence-corrected chi connectivity index (χ0v) is 15.7. The average molecular weight is 368 g/mol. The van der Waals surface area contributed by atoms with Crippen LogP contribution in [0.15, 0.2) is 33.5 Å². The molecule has 3 heterocycles. The van der Waals surface area contributed by atoms with Gasteiger partial charge in [-0.1, -0.05) is 0 Å². The number of fused-ring (bicyclic) bond motifs is 2. The van der Waals surface area contributed by atoms with E-state index in [1.165, 1.54) is 0 Å². The van der Waals surface area contributed by atoms with Crippen molar-refractivity contribution in [3.05, 3.63) is 34.7 Å². The van der Waals surface area contributed by atoms with Gasteiger partial charge in [-0.05, 0) is 44.9 Å². The van der Waals surface area contributed by atoms with E-state index in [9.17, 15) is 4.79 Å². The molecule has 1 aromatic carbocycles. The van der Waals surface area contributed by atoms with Crippen LogP contribution >= 0.6 is 0 Å². The number of hydrogen-bond donors (Lipinski definition) is 1. The molecule has 1 unspecified atom stereocenters. The molecular weight excluding hydrogens is 344 g/mol. The Balaban J connectivity index is 1.73. The van der Waals surface area contributed by atoms with Gasteiger partial charge in [0.2, 0.25) is 5.89 Å². The molecule has 0 bridgehead atoms. The van der Waals surface area contributed by atoms with Gasteiger partial charge in [0.1, 0.15) is 11.4 Å². The van der Waals surface area contributed by atoms with E-state index in [4.69, 9.17) is 9.15 Å². The van der Waals surface area contributed by atoms with Crippen molar-refractivity contribution in [2.24, 2.45) is 0 Å². The minimum atomic E-state index is -0.555. The van der Waals surface area contributed by atoms with E-state index in [0.29, 0.717) is 29.4 Å². The minimum Gasteiger partial charge on any atom is -0.437 e. The van der Waals surface area contributed by atoms with Crippen molar-refractivity contribution in [1.29, 1.82) is 0 Å². The third-order valence-electron chi connectivity index (χ3n) is 5.04. The predicted octanol–water partition coefficient (Wildman–Crippen LogP) is 3.12. The molecule has 1 N–H and O–H groups in total. The summed E-state index contributed by atoms with van der Waals surface area (Å²) in [6.07, 6.45) is 2.24. The van der Waals surface area contributed by atoms with E-state index >= 15 is 0 Å². The second-order valence-electron chi connectivity index (χ2n) is 6.73. The summed E-state index contributed by atoms with van der Waals surface area (Å²) in [6.45, 7) is 7.48. The van der Waals surface area contributed by atoms with Crippen LogP contribution in [0.4, 0.5) is 11.5 Å². The van der Waals surface area contributed by atoms with Gasteiger partial charge < -0.3 is 19.4 Å². The number of ether oxygens (including phenoxy) is 1. The van der Waals surface area contributed by atoms with Gasteiger partial charge in [-0.2, -0.15) is 9.97 Å². The van der Waals surface area contributed by atoms with Crippen molar-refractivity contribution in [3.8, 4) is 11.5 Å². The summed E-state index contributed by atoms with van der Waals surface area (Å²) in [4.78, 5) is 22.2. The largest absolute Gasteiger partial charge is 0.437 e. The summed E-state index contributed by atoms with van der Waals surface area (Å²) in [6, 6.07) is 8.07. The molecular formula is C20H24N4O3. The molecule has 142 valence electrons. The van der Waals surface area contributed by atoms with Gasteiger partial charge in [-0.25, -0.2) is 4.79 Å². The second kappa shape index (κ2) is 7.52. The summed E-state index contributed by atoms with van der Waals surface area (Å²) in [5.74, 6) is 0.799. The molecule has 7 heteroatoms. The summed E-state index contributed by atoms with van der Waals surface area (Å²) in [5, 5.41) is 4.18. The lowest BCUT2D eigenvalue weighted by molar-refractivity contribution is 0.120. The number of benzene rings is 1. The van der Waals surface area contributed by atoms with Crippen LogP contribution < -0.4 is 15.9 Å². The maximum absolute atomic E-state index is 11.9. The molecule has 1 saturated heterocycles. The monoisotopic (exact) mass is 368 g/mol. The third kappa shape index (κ3) is 3.60. The van der Waals surface area contributed by atoms with E-state index in [1.54, 1.807) is 0 Å². The molecule has 3 aliphatic heterocycles. The van der Waals surface area contributed by atoms with Gasteiger partial charge >= 0.3 is 5.69 Å². The fraction of sp³-hybridized carbons (Fsp3) is 0.450. The first-order chi connectivity index (χ1) is 13.2. The first-order valence-electron chi connectivity index (χ1n) is 9.54. The van der Waals surface area contributed by atoms with E-state index in [2.05, 4.69) is 40.1 Å². The van der Waals surface area contributed by atoms with Crippen molar-refractivity contribution in [3.63, 3.8) is 0 Å². The molecule has 0 saturated carbocycles. The number of nitrogens with one attached hydrogen (secondary N) is 1. The Morgan fingerprint density at radius 2 is 2.07 bits per heavy atom. The first kappa shape index (κ1) is 17.7. The topological polar surface area (TPSA) is 80.5 Å².